The summed E-state index contributed by atoms with van der Waals surface area (Å²) in [5.74, 6) is -0.658. The molecule has 0 spiro atoms. The fraction of sp³-hybridized carbons (Fsp3) is 0.100. The summed E-state index contributed by atoms with van der Waals surface area (Å²) in [6, 6.07) is 19.1. The number of thiophene rings is 1. The predicted molar refractivity (Wildman–Crippen MR) is 95.5 cm³/mol. The first-order chi connectivity index (χ1) is 11.6. The molecule has 0 fully saturated rings. The van der Waals surface area contributed by atoms with Crippen LogP contribution < -0.4 is 0 Å². The molecule has 1 heterocycles. The lowest BCUT2D eigenvalue weighted by Crippen LogP contribution is -2.14. The molecule has 2 aromatic carbocycles. The molecule has 3 aromatic rings. The molecule has 0 saturated heterocycles. The van der Waals surface area contributed by atoms with E-state index in [2.05, 4.69) is 0 Å². The van der Waals surface area contributed by atoms with Gasteiger partial charge in [-0.25, -0.2) is 4.79 Å². The van der Waals surface area contributed by atoms with Crippen LogP contribution in [0.15, 0.2) is 66.0 Å². The number of hydrogen-bond acceptors (Lipinski definition) is 4. The van der Waals surface area contributed by atoms with Gasteiger partial charge >= 0.3 is 5.97 Å². The summed E-state index contributed by atoms with van der Waals surface area (Å²) in [6.07, 6.45) is 0. The Morgan fingerprint density at radius 3 is 2.21 bits per heavy atom. The third kappa shape index (κ3) is 3.60. The maximum absolute atomic E-state index is 12.2. The molecule has 0 aliphatic carbocycles. The van der Waals surface area contributed by atoms with Crippen molar-refractivity contribution < 1.29 is 14.3 Å². The quantitative estimate of drug-likeness (QED) is 0.498. The van der Waals surface area contributed by atoms with Gasteiger partial charge < -0.3 is 4.74 Å². The van der Waals surface area contributed by atoms with Crippen LogP contribution in [0, 0.1) is 6.92 Å². The first-order valence-corrected chi connectivity index (χ1v) is 8.43. The molecule has 0 N–H and O–H groups in total. The summed E-state index contributed by atoms with van der Waals surface area (Å²) in [4.78, 5) is 24.7. The van der Waals surface area contributed by atoms with Crippen molar-refractivity contribution in [1.82, 2.24) is 0 Å². The lowest BCUT2D eigenvalue weighted by atomic mass is 10.0. The van der Waals surface area contributed by atoms with Crippen LogP contribution in [-0.4, -0.2) is 18.4 Å². The highest BCUT2D eigenvalue weighted by molar-refractivity contribution is 7.12. The van der Waals surface area contributed by atoms with Crippen LogP contribution in [-0.2, 0) is 4.74 Å². The van der Waals surface area contributed by atoms with Crippen molar-refractivity contribution in [2.24, 2.45) is 0 Å². The number of ketones is 1. The Bertz CT molecular complexity index is 848. The van der Waals surface area contributed by atoms with Crippen molar-refractivity contribution >= 4 is 23.1 Å². The van der Waals surface area contributed by atoms with Crippen molar-refractivity contribution in [2.75, 3.05) is 6.61 Å². The molecule has 0 amide bonds. The first-order valence-electron chi connectivity index (χ1n) is 7.55. The largest absolute Gasteiger partial charge is 0.453 e. The first kappa shape index (κ1) is 16.1. The standard InChI is InChI=1S/C20H16O3S/c1-14-11-12-24-19(14)20(22)23-13-18(21)17-9-7-16(8-10-17)15-5-3-2-4-6-15/h2-12H,13H2,1H3. The van der Waals surface area contributed by atoms with Gasteiger partial charge in [-0.05, 0) is 35.1 Å². The van der Waals surface area contributed by atoms with E-state index in [-0.39, 0.29) is 12.4 Å². The van der Waals surface area contributed by atoms with Gasteiger partial charge in [0.05, 0.1) is 0 Å². The number of ether oxygens (including phenoxy) is 1. The average molecular weight is 336 g/mol. The highest BCUT2D eigenvalue weighted by Gasteiger charge is 2.14. The van der Waals surface area contributed by atoms with Gasteiger partial charge in [-0.3, -0.25) is 4.79 Å². The van der Waals surface area contributed by atoms with Crippen molar-refractivity contribution in [3.8, 4) is 11.1 Å². The van der Waals surface area contributed by atoms with Gasteiger partial charge in [-0.2, -0.15) is 0 Å². The van der Waals surface area contributed by atoms with Gasteiger partial charge in [-0.15, -0.1) is 11.3 Å². The van der Waals surface area contributed by atoms with Crippen molar-refractivity contribution in [2.45, 2.75) is 6.92 Å². The molecule has 0 unspecified atom stereocenters. The van der Waals surface area contributed by atoms with E-state index in [0.717, 1.165) is 16.7 Å². The third-order valence-corrected chi connectivity index (χ3v) is 4.69. The zero-order valence-electron chi connectivity index (χ0n) is 13.2. The molecular weight excluding hydrogens is 320 g/mol. The van der Waals surface area contributed by atoms with E-state index in [4.69, 9.17) is 4.74 Å². The number of esters is 1. The highest BCUT2D eigenvalue weighted by Crippen LogP contribution is 2.20. The zero-order valence-corrected chi connectivity index (χ0v) is 14.0. The number of carbonyl (C=O) groups excluding carboxylic acids is 2. The van der Waals surface area contributed by atoms with Crippen molar-refractivity contribution in [3.63, 3.8) is 0 Å². The topological polar surface area (TPSA) is 43.4 Å². The minimum absolute atomic E-state index is 0.211. The van der Waals surface area contributed by atoms with Gasteiger partial charge in [0, 0.05) is 5.56 Å². The lowest BCUT2D eigenvalue weighted by Gasteiger charge is -2.05. The Balaban J connectivity index is 1.63. The van der Waals surface area contributed by atoms with Gasteiger partial charge in [0.2, 0.25) is 0 Å². The van der Waals surface area contributed by atoms with Crippen molar-refractivity contribution in [3.05, 3.63) is 82.0 Å². The van der Waals surface area contributed by atoms with E-state index >= 15 is 0 Å². The fourth-order valence-corrected chi connectivity index (χ4v) is 3.16. The Morgan fingerprint density at radius 1 is 0.917 bits per heavy atom. The molecule has 3 rings (SSSR count). The van der Waals surface area contributed by atoms with E-state index in [1.165, 1.54) is 11.3 Å². The molecule has 0 saturated carbocycles. The van der Waals surface area contributed by atoms with E-state index in [1.807, 2.05) is 60.8 Å². The molecule has 1 aromatic heterocycles. The zero-order chi connectivity index (χ0) is 16.9. The van der Waals surface area contributed by atoms with E-state index in [0.29, 0.717) is 10.4 Å². The molecule has 0 aliphatic rings. The second-order valence-corrected chi connectivity index (χ2v) is 6.29. The lowest BCUT2D eigenvalue weighted by molar-refractivity contribution is 0.0479. The molecule has 0 radical (unpaired) electrons. The SMILES string of the molecule is Cc1ccsc1C(=O)OCC(=O)c1ccc(-c2ccccc2)cc1. The Kier molecular flexibility index (Phi) is 4.87. The third-order valence-electron chi connectivity index (χ3n) is 3.70. The Hall–Kier alpha value is -2.72. The second kappa shape index (κ2) is 7.23. The van der Waals surface area contributed by atoms with E-state index in [1.54, 1.807) is 12.1 Å². The number of hydrogen-bond donors (Lipinski definition) is 0. The summed E-state index contributed by atoms with van der Waals surface area (Å²) in [6.45, 7) is 1.60. The van der Waals surface area contributed by atoms with Crippen LogP contribution in [0.25, 0.3) is 11.1 Å². The molecule has 0 atom stereocenters. The summed E-state index contributed by atoms with van der Waals surface area (Å²) < 4.78 is 5.12. The number of Topliss-reactive ketones (excluding diaryl/α,β-unsaturated/α-hetero) is 1. The van der Waals surface area contributed by atoms with Crippen LogP contribution in [0.1, 0.15) is 25.6 Å². The summed E-state index contributed by atoms with van der Waals surface area (Å²) >= 11 is 1.32. The van der Waals surface area contributed by atoms with Crippen LogP contribution in [0.5, 0.6) is 0 Å². The van der Waals surface area contributed by atoms with Crippen LogP contribution >= 0.6 is 11.3 Å². The number of aryl methyl sites for hydroxylation is 1. The summed E-state index contributed by atoms with van der Waals surface area (Å²) in [5.41, 5.74) is 3.53. The average Bonchev–Trinajstić information content (AvgIpc) is 3.06. The minimum atomic E-state index is -0.447. The molecule has 24 heavy (non-hydrogen) atoms. The molecule has 4 heteroatoms. The maximum Gasteiger partial charge on any atom is 0.349 e. The molecule has 120 valence electrons. The highest BCUT2D eigenvalue weighted by atomic mass is 32.1. The molecule has 0 aliphatic heterocycles. The van der Waals surface area contributed by atoms with Crippen LogP contribution in [0.2, 0.25) is 0 Å². The fourth-order valence-electron chi connectivity index (χ4n) is 2.34. The maximum atomic E-state index is 12.2. The van der Waals surface area contributed by atoms with Gasteiger partial charge in [-0.1, -0.05) is 54.6 Å². The minimum Gasteiger partial charge on any atom is -0.453 e. The van der Waals surface area contributed by atoms with E-state index < -0.39 is 5.97 Å². The number of benzene rings is 2. The molecule has 3 nitrogen and oxygen atoms in total. The monoisotopic (exact) mass is 336 g/mol. The number of carbonyl (C=O) groups is 2. The summed E-state index contributed by atoms with van der Waals surface area (Å²) in [7, 11) is 0. The van der Waals surface area contributed by atoms with Crippen LogP contribution in [0.3, 0.4) is 0 Å². The molecular formula is C20H16O3S. The van der Waals surface area contributed by atoms with Crippen molar-refractivity contribution in [1.29, 1.82) is 0 Å². The normalized spacial score (nSPS) is 10.4. The Morgan fingerprint density at radius 2 is 1.58 bits per heavy atom. The summed E-state index contributed by atoms with van der Waals surface area (Å²) in [5, 5.41) is 1.83. The molecule has 0 bridgehead atoms. The predicted octanol–water partition coefficient (Wildman–Crippen LogP) is 4.76. The van der Waals surface area contributed by atoms with Gasteiger partial charge in [0.1, 0.15) is 4.88 Å². The van der Waals surface area contributed by atoms with E-state index in [9.17, 15) is 9.59 Å². The Labute approximate surface area is 144 Å². The number of rotatable bonds is 5. The smallest absolute Gasteiger partial charge is 0.349 e. The van der Waals surface area contributed by atoms with Gasteiger partial charge in [0.25, 0.3) is 0 Å². The van der Waals surface area contributed by atoms with Gasteiger partial charge in [0.15, 0.2) is 12.4 Å². The van der Waals surface area contributed by atoms with Crippen LogP contribution in [0.4, 0.5) is 0 Å². The second-order valence-electron chi connectivity index (χ2n) is 5.38.